The van der Waals surface area contributed by atoms with Gasteiger partial charge < -0.3 is 25.6 Å². The van der Waals surface area contributed by atoms with E-state index < -0.39 is 24.5 Å². The number of esters is 1. The largest absolute Gasteiger partial charge is 0.480 e. The zero-order chi connectivity index (χ0) is 38.3. The number of unbranched alkanes of at least 4 members (excludes halogenated alkanes) is 17. The van der Waals surface area contributed by atoms with Crippen LogP contribution >= 0.6 is 0 Å². The van der Waals surface area contributed by atoms with Crippen molar-refractivity contribution in [1.82, 2.24) is 10.6 Å². The van der Waals surface area contributed by atoms with Gasteiger partial charge in [-0.3, -0.25) is 14.4 Å². The molecule has 0 aromatic carbocycles. The van der Waals surface area contributed by atoms with Gasteiger partial charge in [0.2, 0.25) is 11.8 Å². The molecule has 0 bridgehead atoms. The minimum atomic E-state index is -1.38. The summed E-state index contributed by atoms with van der Waals surface area (Å²) in [7, 11) is 0. The van der Waals surface area contributed by atoms with E-state index in [1.807, 2.05) is 0 Å². The van der Waals surface area contributed by atoms with Crippen molar-refractivity contribution in [2.45, 2.75) is 199 Å². The third-order valence-electron chi connectivity index (χ3n) is 9.15. The topological polar surface area (TPSA) is 142 Å². The number of carbonyl (C=O) groups excluding carboxylic acids is 3. The first kappa shape index (κ1) is 49.1. The Balaban J connectivity index is 4.28. The molecular formula is C43H76N2O7. The Morgan fingerprint density at radius 1 is 0.596 bits per heavy atom. The molecule has 0 saturated carbocycles. The molecule has 0 rings (SSSR count). The van der Waals surface area contributed by atoms with E-state index in [9.17, 15) is 19.2 Å². The zero-order valence-electron chi connectivity index (χ0n) is 33.1. The van der Waals surface area contributed by atoms with Crippen LogP contribution in [0.5, 0.6) is 0 Å². The summed E-state index contributed by atoms with van der Waals surface area (Å²) in [6.45, 7) is 3.36. The van der Waals surface area contributed by atoms with Crippen LogP contribution in [-0.2, 0) is 23.9 Å². The highest BCUT2D eigenvalue weighted by Gasteiger charge is 2.19. The molecule has 2 unspecified atom stereocenters. The molecule has 0 aromatic heterocycles. The number of nitrogens with one attached hydrogen (secondary N) is 2. The quantitative estimate of drug-likeness (QED) is 0.0283. The van der Waals surface area contributed by atoms with Crippen molar-refractivity contribution >= 4 is 23.8 Å². The molecule has 300 valence electrons. The lowest BCUT2D eigenvalue weighted by atomic mass is 10.0. The number of carboxylic acids is 1. The Morgan fingerprint density at radius 2 is 1.10 bits per heavy atom. The predicted molar refractivity (Wildman–Crippen MR) is 213 cm³/mol. The molecule has 9 heteroatoms. The van der Waals surface area contributed by atoms with Crippen molar-refractivity contribution in [3.63, 3.8) is 0 Å². The molecule has 4 N–H and O–H groups in total. The number of hydrogen-bond donors (Lipinski definition) is 4. The normalized spacial score (nSPS) is 12.8. The standard InChI is InChI=1S/C43H76N2O7/c1-3-5-7-9-11-13-14-15-16-17-18-20-22-27-31-35-42(49)52-38(32-28-24-21-19-12-10-8-6-4-2)33-29-25-23-26-30-34-40(47)44-36-41(48)45-39(37-46)43(50)51/h5,7,11,13,15-16,38-39,46H,3-4,6,8-10,12,14,17-37H2,1-2H3,(H,44,47)(H,45,48)(H,50,51)/b7-5-,13-11-,16-15-. The van der Waals surface area contributed by atoms with Gasteiger partial charge in [0.15, 0.2) is 0 Å². The molecule has 0 heterocycles. The molecule has 0 saturated heterocycles. The van der Waals surface area contributed by atoms with Crippen LogP contribution in [0.1, 0.15) is 187 Å². The van der Waals surface area contributed by atoms with Gasteiger partial charge in [-0.1, -0.05) is 140 Å². The summed E-state index contributed by atoms with van der Waals surface area (Å²) in [5, 5.41) is 22.5. The maximum Gasteiger partial charge on any atom is 0.328 e. The lowest BCUT2D eigenvalue weighted by Crippen LogP contribution is -2.47. The predicted octanol–water partition coefficient (Wildman–Crippen LogP) is 9.82. The van der Waals surface area contributed by atoms with Crippen LogP contribution in [0.2, 0.25) is 0 Å². The second-order valence-corrected chi connectivity index (χ2v) is 14.1. The third kappa shape index (κ3) is 34.2. The highest BCUT2D eigenvalue weighted by atomic mass is 16.5. The average Bonchev–Trinajstić information content (AvgIpc) is 3.13. The van der Waals surface area contributed by atoms with Gasteiger partial charge in [0.05, 0.1) is 13.2 Å². The zero-order valence-corrected chi connectivity index (χ0v) is 33.1. The van der Waals surface area contributed by atoms with Crippen molar-refractivity contribution in [3.05, 3.63) is 36.5 Å². The number of ether oxygens (including phenoxy) is 1. The van der Waals surface area contributed by atoms with Gasteiger partial charge in [0, 0.05) is 12.8 Å². The minimum Gasteiger partial charge on any atom is -0.480 e. The summed E-state index contributed by atoms with van der Waals surface area (Å²) in [5.41, 5.74) is 0. The van der Waals surface area contributed by atoms with Crippen LogP contribution in [0, 0.1) is 0 Å². The average molecular weight is 733 g/mol. The van der Waals surface area contributed by atoms with E-state index in [0.29, 0.717) is 19.3 Å². The minimum absolute atomic E-state index is 0.0185. The second kappa shape index (κ2) is 37.8. The first-order valence-corrected chi connectivity index (χ1v) is 20.9. The molecule has 2 amide bonds. The molecule has 0 aliphatic carbocycles. The summed E-state index contributed by atoms with van der Waals surface area (Å²) < 4.78 is 6.00. The number of carbonyl (C=O) groups is 4. The van der Waals surface area contributed by atoms with E-state index in [4.69, 9.17) is 14.9 Å². The number of aliphatic hydroxyl groups excluding tert-OH is 1. The Kier molecular flexibility index (Phi) is 35.7. The lowest BCUT2D eigenvalue weighted by molar-refractivity contribution is -0.150. The van der Waals surface area contributed by atoms with Gasteiger partial charge in [0.1, 0.15) is 12.1 Å². The number of carboxylic acid groups (broad SMARTS) is 1. The Bertz CT molecular complexity index is 979. The van der Waals surface area contributed by atoms with Crippen molar-refractivity contribution in [2.24, 2.45) is 0 Å². The number of hydrogen-bond acceptors (Lipinski definition) is 6. The molecule has 0 aliphatic rings. The Hall–Kier alpha value is -2.94. The molecule has 0 aliphatic heterocycles. The highest BCUT2D eigenvalue weighted by Crippen LogP contribution is 2.19. The maximum atomic E-state index is 12.7. The van der Waals surface area contributed by atoms with Crippen LogP contribution in [0.4, 0.5) is 0 Å². The second-order valence-electron chi connectivity index (χ2n) is 14.1. The summed E-state index contributed by atoms with van der Waals surface area (Å²) >= 11 is 0. The molecule has 2 atom stereocenters. The van der Waals surface area contributed by atoms with E-state index in [2.05, 4.69) is 60.9 Å². The molecule has 9 nitrogen and oxygen atoms in total. The van der Waals surface area contributed by atoms with Crippen molar-refractivity contribution < 1.29 is 34.1 Å². The summed E-state index contributed by atoms with van der Waals surface area (Å²) in [6.07, 6.45) is 41.7. The van der Waals surface area contributed by atoms with Crippen LogP contribution < -0.4 is 10.6 Å². The number of allylic oxidation sites excluding steroid dienone is 6. The summed E-state index contributed by atoms with van der Waals surface area (Å²) in [5.74, 6) is -2.31. The molecule has 52 heavy (non-hydrogen) atoms. The molecule has 0 aromatic rings. The van der Waals surface area contributed by atoms with Crippen molar-refractivity contribution in [2.75, 3.05) is 13.2 Å². The van der Waals surface area contributed by atoms with E-state index in [0.717, 1.165) is 89.9 Å². The van der Waals surface area contributed by atoms with Crippen LogP contribution in [-0.4, -0.2) is 59.3 Å². The molecule has 0 radical (unpaired) electrons. The van der Waals surface area contributed by atoms with Crippen LogP contribution in [0.25, 0.3) is 0 Å². The van der Waals surface area contributed by atoms with Gasteiger partial charge in [-0.2, -0.15) is 0 Å². The van der Waals surface area contributed by atoms with E-state index >= 15 is 0 Å². The fraction of sp³-hybridized carbons (Fsp3) is 0.767. The van der Waals surface area contributed by atoms with Crippen LogP contribution in [0.3, 0.4) is 0 Å². The number of amides is 2. The summed E-state index contributed by atoms with van der Waals surface area (Å²) in [6, 6.07) is -1.38. The fourth-order valence-corrected chi connectivity index (χ4v) is 5.96. The van der Waals surface area contributed by atoms with Crippen molar-refractivity contribution in [3.8, 4) is 0 Å². The van der Waals surface area contributed by atoms with Gasteiger partial charge >= 0.3 is 11.9 Å². The van der Waals surface area contributed by atoms with Gasteiger partial charge in [0.25, 0.3) is 0 Å². The number of aliphatic hydroxyl groups is 1. The fourth-order valence-electron chi connectivity index (χ4n) is 5.96. The molecule has 0 spiro atoms. The summed E-state index contributed by atoms with van der Waals surface area (Å²) in [4.78, 5) is 47.5. The van der Waals surface area contributed by atoms with Crippen LogP contribution in [0.15, 0.2) is 36.5 Å². The first-order chi connectivity index (χ1) is 25.3. The van der Waals surface area contributed by atoms with E-state index in [1.54, 1.807) is 0 Å². The Morgan fingerprint density at radius 3 is 1.65 bits per heavy atom. The third-order valence-corrected chi connectivity index (χ3v) is 9.15. The number of aliphatic carboxylic acids is 1. The van der Waals surface area contributed by atoms with Gasteiger partial charge in [-0.05, 0) is 70.6 Å². The molecule has 0 fully saturated rings. The SMILES string of the molecule is CC/C=C\C/C=C\C/C=C\CCCCCCCC(=O)OC(CCCCCCCCCCC)CCCCCCCC(=O)NCC(=O)NC(CO)C(=O)O. The number of rotatable bonds is 37. The Labute approximate surface area is 316 Å². The highest BCUT2D eigenvalue weighted by molar-refractivity contribution is 5.87. The van der Waals surface area contributed by atoms with Gasteiger partial charge in [-0.25, -0.2) is 4.79 Å². The van der Waals surface area contributed by atoms with Crippen molar-refractivity contribution in [1.29, 1.82) is 0 Å². The van der Waals surface area contributed by atoms with Gasteiger partial charge in [-0.15, -0.1) is 0 Å². The maximum absolute atomic E-state index is 12.7. The first-order valence-electron chi connectivity index (χ1n) is 20.9. The van der Waals surface area contributed by atoms with E-state index in [-0.39, 0.29) is 24.5 Å². The monoisotopic (exact) mass is 733 g/mol. The molecular weight excluding hydrogens is 656 g/mol. The van der Waals surface area contributed by atoms with E-state index in [1.165, 1.54) is 64.2 Å². The smallest absolute Gasteiger partial charge is 0.328 e. The lowest BCUT2D eigenvalue weighted by Gasteiger charge is -2.18.